The van der Waals surface area contributed by atoms with Crippen molar-refractivity contribution in [2.75, 3.05) is 19.5 Å². The van der Waals surface area contributed by atoms with E-state index in [-0.39, 0.29) is 0 Å². The minimum Gasteiger partial charge on any atom is -0.495 e. The van der Waals surface area contributed by atoms with E-state index in [9.17, 15) is 0 Å². The maximum Gasteiger partial charge on any atom is 0.209 e. The van der Waals surface area contributed by atoms with Crippen LogP contribution in [0.15, 0.2) is 36.4 Å². The summed E-state index contributed by atoms with van der Waals surface area (Å²) >= 11 is 14.5. The number of thiophene rings is 1. The lowest BCUT2D eigenvalue weighted by Gasteiger charge is -2.12. The third-order valence-corrected chi connectivity index (χ3v) is 5.93. The largest absolute Gasteiger partial charge is 0.495 e. The van der Waals surface area contributed by atoms with Crippen LogP contribution in [-0.4, -0.2) is 23.9 Å². The van der Waals surface area contributed by atoms with Crippen LogP contribution in [0.2, 0.25) is 4.34 Å². The zero-order chi connectivity index (χ0) is 17.8. The molecule has 1 unspecified atom stereocenters. The van der Waals surface area contributed by atoms with Gasteiger partial charge in [-0.3, -0.25) is 0 Å². The molecule has 1 aromatic carbocycles. The smallest absolute Gasteiger partial charge is 0.209 e. The molecule has 0 radical (unpaired) electrons. The van der Waals surface area contributed by atoms with Crippen molar-refractivity contribution in [3.63, 3.8) is 0 Å². The molecular formula is C16H18ClN4OS3+. The minimum absolute atomic E-state index is 0.693. The number of hydrogen-bond donors (Lipinski definition) is 2. The van der Waals surface area contributed by atoms with Crippen molar-refractivity contribution in [1.29, 1.82) is 0 Å². The number of nitrogens with zero attached hydrogens (tertiary/aromatic N) is 2. The lowest BCUT2D eigenvalue weighted by molar-refractivity contribution is -0.917. The van der Waals surface area contributed by atoms with Gasteiger partial charge in [-0.15, -0.1) is 16.4 Å². The van der Waals surface area contributed by atoms with E-state index in [1.807, 2.05) is 35.0 Å². The average Bonchev–Trinajstić information content (AvgIpc) is 3.13. The molecule has 2 heterocycles. The molecule has 2 aromatic heterocycles. The van der Waals surface area contributed by atoms with Gasteiger partial charge in [-0.05, 0) is 36.5 Å². The molecular weight excluding hydrogens is 396 g/mol. The van der Waals surface area contributed by atoms with Gasteiger partial charge >= 0.3 is 0 Å². The molecule has 0 saturated carbocycles. The van der Waals surface area contributed by atoms with Crippen LogP contribution in [0.25, 0.3) is 0 Å². The fourth-order valence-electron chi connectivity index (χ4n) is 2.38. The maximum atomic E-state index is 5.99. The summed E-state index contributed by atoms with van der Waals surface area (Å²) in [6, 6.07) is 11.7. The molecule has 132 valence electrons. The van der Waals surface area contributed by atoms with Gasteiger partial charge in [0, 0.05) is 0 Å². The first-order chi connectivity index (χ1) is 12.0. The van der Waals surface area contributed by atoms with Crippen molar-refractivity contribution in [1.82, 2.24) is 9.78 Å². The monoisotopic (exact) mass is 413 g/mol. The van der Waals surface area contributed by atoms with Crippen molar-refractivity contribution in [3.8, 4) is 5.75 Å². The lowest BCUT2D eigenvalue weighted by atomic mass is 10.3. The number of benzene rings is 1. The first kappa shape index (κ1) is 18.3. The van der Waals surface area contributed by atoms with Crippen LogP contribution in [0.3, 0.4) is 0 Å². The van der Waals surface area contributed by atoms with Crippen LogP contribution < -0.4 is 15.0 Å². The number of ether oxygens (including phenoxy) is 1. The zero-order valence-corrected chi connectivity index (χ0v) is 17.0. The van der Waals surface area contributed by atoms with E-state index in [2.05, 4.69) is 23.5 Å². The number of halogens is 1. The Hall–Kier alpha value is -1.45. The van der Waals surface area contributed by atoms with Crippen molar-refractivity contribution >= 4 is 57.3 Å². The van der Waals surface area contributed by atoms with Gasteiger partial charge in [0.15, 0.2) is 10.6 Å². The molecule has 5 nitrogen and oxygen atoms in total. The summed E-state index contributed by atoms with van der Waals surface area (Å²) in [7, 11) is 3.76. The summed E-state index contributed by atoms with van der Waals surface area (Å²) in [4.78, 5) is 2.53. The third kappa shape index (κ3) is 4.80. The van der Waals surface area contributed by atoms with Crippen molar-refractivity contribution in [2.24, 2.45) is 0 Å². The quantitative estimate of drug-likeness (QED) is 0.578. The highest BCUT2D eigenvalue weighted by atomic mass is 35.5. The van der Waals surface area contributed by atoms with Crippen LogP contribution in [0.5, 0.6) is 5.75 Å². The molecule has 3 aromatic rings. The van der Waals surface area contributed by atoms with Crippen molar-refractivity contribution < 1.29 is 9.64 Å². The average molecular weight is 414 g/mol. The van der Waals surface area contributed by atoms with Crippen LogP contribution in [0, 0.1) is 3.95 Å². The topological polar surface area (TPSA) is 43.5 Å². The number of aromatic nitrogens is 2. The Balaban J connectivity index is 1.68. The summed E-state index contributed by atoms with van der Waals surface area (Å²) < 4.78 is 8.76. The fourth-order valence-corrected chi connectivity index (χ4v) is 4.60. The predicted molar refractivity (Wildman–Crippen MR) is 107 cm³/mol. The molecule has 0 aliphatic heterocycles. The Morgan fingerprint density at radius 1 is 1.28 bits per heavy atom. The second-order valence-corrected chi connectivity index (χ2v) is 8.92. The molecule has 0 spiro atoms. The van der Waals surface area contributed by atoms with Gasteiger partial charge in [0.2, 0.25) is 5.13 Å². The van der Waals surface area contributed by atoms with E-state index in [1.165, 1.54) is 21.1 Å². The molecule has 0 bridgehead atoms. The second kappa shape index (κ2) is 8.29. The minimum atomic E-state index is 0.693. The number of hydrogen-bond acceptors (Lipinski definition) is 6. The SMILES string of the molecule is COc1ccccc1Nc1nn(C[NH+](C)Cc2ccc(Cl)s2)c(=S)s1. The summed E-state index contributed by atoms with van der Waals surface area (Å²) in [5.41, 5.74) is 0.870. The summed E-state index contributed by atoms with van der Waals surface area (Å²) in [6.45, 7) is 1.57. The van der Waals surface area contributed by atoms with Crippen LogP contribution >= 0.6 is 46.5 Å². The highest BCUT2D eigenvalue weighted by Gasteiger charge is 2.12. The van der Waals surface area contributed by atoms with Gasteiger partial charge in [0.05, 0.1) is 29.1 Å². The fraction of sp³-hybridized carbons (Fsp3) is 0.250. The van der Waals surface area contributed by atoms with E-state index in [0.717, 1.165) is 31.4 Å². The van der Waals surface area contributed by atoms with Gasteiger partial charge < -0.3 is 15.0 Å². The lowest BCUT2D eigenvalue weighted by Crippen LogP contribution is -3.06. The Bertz CT molecular complexity index is 905. The van der Waals surface area contributed by atoms with Crippen molar-refractivity contribution in [2.45, 2.75) is 13.2 Å². The van der Waals surface area contributed by atoms with E-state index in [0.29, 0.717) is 6.67 Å². The van der Waals surface area contributed by atoms with E-state index < -0.39 is 0 Å². The number of anilines is 2. The molecule has 0 aliphatic rings. The molecule has 0 saturated heterocycles. The van der Waals surface area contributed by atoms with Gasteiger partial charge in [0.25, 0.3) is 0 Å². The van der Waals surface area contributed by atoms with Crippen LogP contribution in [-0.2, 0) is 13.2 Å². The molecule has 0 aliphatic carbocycles. The van der Waals surface area contributed by atoms with E-state index >= 15 is 0 Å². The highest BCUT2D eigenvalue weighted by molar-refractivity contribution is 7.73. The van der Waals surface area contributed by atoms with Gasteiger partial charge in [0.1, 0.15) is 12.3 Å². The van der Waals surface area contributed by atoms with Crippen molar-refractivity contribution in [3.05, 3.63) is 49.6 Å². The van der Waals surface area contributed by atoms with Gasteiger partial charge in [-0.1, -0.05) is 35.1 Å². The normalized spacial score (nSPS) is 12.1. The molecule has 0 amide bonds. The standard InChI is InChI=1S/C16H17ClN4OS3/c1-20(9-11-7-8-14(17)24-11)10-21-16(23)25-15(19-21)18-12-5-3-4-6-13(12)22-2/h3-8H,9-10H2,1-2H3,(H,18,19)/p+1. The molecule has 9 heteroatoms. The molecule has 3 rings (SSSR count). The van der Waals surface area contributed by atoms with E-state index in [1.54, 1.807) is 18.4 Å². The third-order valence-electron chi connectivity index (χ3n) is 3.48. The Morgan fingerprint density at radius 2 is 2.08 bits per heavy atom. The maximum absolute atomic E-state index is 5.99. The summed E-state index contributed by atoms with van der Waals surface area (Å²) in [5, 5.41) is 8.62. The number of nitrogens with one attached hydrogen (secondary N) is 2. The summed E-state index contributed by atoms with van der Waals surface area (Å²) in [5.74, 6) is 0.771. The molecule has 2 N–H and O–H groups in total. The number of rotatable bonds is 7. The molecule has 1 atom stereocenters. The van der Waals surface area contributed by atoms with Crippen LogP contribution in [0.1, 0.15) is 4.88 Å². The Morgan fingerprint density at radius 3 is 2.80 bits per heavy atom. The predicted octanol–water partition coefficient (Wildman–Crippen LogP) is 3.81. The summed E-state index contributed by atoms with van der Waals surface area (Å²) in [6.07, 6.45) is 0. The highest BCUT2D eigenvalue weighted by Crippen LogP contribution is 2.28. The molecule has 0 fully saturated rings. The van der Waals surface area contributed by atoms with Gasteiger partial charge in [-0.2, -0.15) is 4.68 Å². The number of methoxy groups -OCH3 is 1. The molecule has 25 heavy (non-hydrogen) atoms. The first-order valence-electron chi connectivity index (χ1n) is 7.58. The zero-order valence-electron chi connectivity index (χ0n) is 13.8. The Labute approximate surface area is 164 Å². The van der Waals surface area contributed by atoms with Gasteiger partial charge in [-0.25, -0.2) is 0 Å². The Kier molecular flexibility index (Phi) is 6.08. The number of para-hydroxylation sites is 2. The van der Waals surface area contributed by atoms with E-state index in [4.69, 9.17) is 28.6 Å². The van der Waals surface area contributed by atoms with Crippen LogP contribution in [0.4, 0.5) is 10.8 Å². The number of quaternary nitrogens is 1. The first-order valence-corrected chi connectivity index (χ1v) is 10.0. The second-order valence-electron chi connectivity index (χ2n) is 5.50.